The number of rotatable bonds is 7. The maximum atomic E-state index is 11.1. The van der Waals surface area contributed by atoms with E-state index in [2.05, 4.69) is 0 Å². The van der Waals surface area contributed by atoms with E-state index >= 15 is 0 Å². The molecule has 0 bridgehead atoms. The summed E-state index contributed by atoms with van der Waals surface area (Å²) in [4.78, 5) is 11.1. The van der Waals surface area contributed by atoms with E-state index in [-0.39, 0.29) is 5.57 Å². The molecule has 0 aliphatic heterocycles. The predicted molar refractivity (Wildman–Crippen MR) is 91.4 cm³/mol. The summed E-state index contributed by atoms with van der Waals surface area (Å²) in [5.41, 5.74) is 6.85. The maximum Gasteiger partial charge on any atom is 0.259 e. The van der Waals surface area contributed by atoms with Crippen molar-refractivity contribution < 1.29 is 14.3 Å². The summed E-state index contributed by atoms with van der Waals surface area (Å²) in [5, 5.41) is 8.92. The Balaban J connectivity index is 2.14. The maximum absolute atomic E-state index is 11.1. The molecule has 0 fully saturated rings. The molecule has 2 aromatic carbocycles. The first-order valence-electron chi connectivity index (χ1n) is 7.40. The zero-order valence-electron chi connectivity index (χ0n) is 13.4. The number of carbonyl (C=O) groups excluding carboxylic acids is 1. The van der Waals surface area contributed by atoms with E-state index in [0.29, 0.717) is 23.7 Å². The van der Waals surface area contributed by atoms with Gasteiger partial charge in [0.05, 0.1) is 13.7 Å². The second kappa shape index (κ2) is 8.39. The van der Waals surface area contributed by atoms with E-state index in [0.717, 1.165) is 6.42 Å². The lowest BCUT2D eigenvalue weighted by molar-refractivity contribution is -0.114. The van der Waals surface area contributed by atoms with Crippen molar-refractivity contribution in [3.8, 4) is 17.6 Å². The fourth-order valence-electron chi connectivity index (χ4n) is 2.14. The van der Waals surface area contributed by atoms with Crippen molar-refractivity contribution in [1.82, 2.24) is 0 Å². The lowest BCUT2D eigenvalue weighted by Crippen LogP contribution is -2.12. The Morgan fingerprint density at radius 1 is 1.21 bits per heavy atom. The van der Waals surface area contributed by atoms with Crippen LogP contribution in [0.3, 0.4) is 0 Å². The average Bonchev–Trinajstić information content (AvgIpc) is 2.60. The molecular formula is C19H18N2O3. The van der Waals surface area contributed by atoms with Gasteiger partial charge in [0, 0.05) is 6.42 Å². The molecule has 2 aromatic rings. The highest BCUT2D eigenvalue weighted by atomic mass is 16.5. The zero-order valence-corrected chi connectivity index (χ0v) is 13.4. The molecule has 5 nitrogen and oxygen atoms in total. The molecule has 5 heteroatoms. The molecule has 0 saturated heterocycles. The number of nitriles is 1. The fourth-order valence-corrected chi connectivity index (χ4v) is 2.14. The van der Waals surface area contributed by atoms with Gasteiger partial charge in [-0.25, -0.2) is 0 Å². The van der Waals surface area contributed by atoms with Gasteiger partial charge >= 0.3 is 0 Å². The molecule has 0 aliphatic carbocycles. The minimum absolute atomic E-state index is 0.115. The number of primary amides is 1. The number of amides is 1. The molecule has 122 valence electrons. The van der Waals surface area contributed by atoms with Crippen molar-refractivity contribution in [1.29, 1.82) is 5.26 Å². The number of nitrogens with zero attached hydrogens (tertiary/aromatic N) is 1. The topological polar surface area (TPSA) is 85.3 Å². The van der Waals surface area contributed by atoms with Gasteiger partial charge in [-0.15, -0.1) is 0 Å². The summed E-state index contributed by atoms with van der Waals surface area (Å²) in [6.07, 6.45) is 2.18. The van der Waals surface area contributed by atoms with Gasteiger partial charge in [0.1, 0.15) is 11.6 Å². The third-order valence-electron chi connectivity index (χ3n) is 3.38. The van der Waals surface area contributed by atoms with Crippen molar-refractivity contribution in [2.24, 2.45) is 5.73 Å². The third-order valence-corrected chi connectivity index (χ3v) is 3.38. The first-order chi connectivity index (χ1) is 11.6. The monoisotopic (exact) mass is 322 g/mol. The number of nitrogens with two attached hydrogens (primary N) is 1. The van der Waals surface area contributed by atoms with Crippen molar-refractivity contribution in [2.75, 3.05) is 13.7 Å². The first kappa shape index (κ1) is 17.1. The Hall–Kier alpha value is -3.26. The highest BCUT2D eigenvalue weighted by molar-refractivity contribution is 6.00. The van der Waals surface area contributed by atoms with Crippen LogP contribution >= 0.6 is 0 Å². The standard InChI is InChI=1S/C19H18N2O3/c1-23-17-8-7-15(11-16(13-20)19(21)22)12-18(17)24-10-9-14-5-3-2-4-6-14/h2-8,11-12H,9-10H2,1H3,(H2,21,22). The summed E-state index contributed by atoms with van der Waals surface area (Å²) in [6, 6.07) is 16.9. The molecule has 24 heavy (non-hydrogen) atoms. The van der Waals surface area contributed by atoms with Crippen LogP contribution < -0.4 is 15.2 Å². The Bertz CT molecular complexity index is 777. The van der Waals surface area contributed by atoms with Crippen LogP contribution in [0.25, 0.3) is 6.08 Å². The molecule has 0 atom stereocenters. The third kappa shape index (κ3) is 4.62. The highest BCUT2D eigenvalue weighted by Gasteiger charge is 2.08. The fraction of sp³-hybridized carbons (Fsp3) is 0.158. The number of carbonyl (C=O) groups is 1. The summed E-state index contributed by atoms with van der Waals surface area (Å²) < 4.78 is 11.1. The van der Waals surface area contributed by atoms with Crippen LogP contribution in [0, 0.1) is 11.3 Å². The van der Waals surface area contributed by atoms with Crippen LogP contribution in [0.5, 0.6) is 11.5 Å². The molecule has 0 aromatic heterocycles. The largest absolute Gasteiger partial charge is 0.493 e. The molecule has 2 N–H and O–H groups in total. The van der Waals surface area contributed by atoms with Crippen molar-refractivity contribution in [2.45, 2.75) is 6.42 Å². The molecule has 0 unspecified atom stereocenters. The number of hydrogen-bond donors (Lipinski definition) is 1. The quantitative estimate of drug-likeness (QED) is 0.627. The SMILES string of the molecule is COc1ccc(C=C(C#N)C(N)=O)cc1OCCc1ccccc1. The van der Waals surface area contributed by atoms with Gasteiger partial charge in [-0.05, 0) is 29.3 Å². The van der Waals surface area contributed by atoms with Crippen LogP contribution in [0.15, 0.2) is 54.1 Å². The Labute approximate surface area is 140 Å². The molecule has 0 heterocycles. The Morgan fingerprint density at radius 2 is 1.96 bits per heavy atom. The molecule has 2 rings (SSSR count). The lowest BCUT2D eigenvalue weighted by atomic mass is 10.1. The van der Waals surface area contributed by atoms with Gasteiger partial charge in [0.25, 0.3) is 5.91 Å². The molecule has 0 aliphatic rings. The number of benzene rings is 2. The van der Waals surface area contributed by atoms with Gasteiger partial charge < -0.3 is 15.2 Å². The van der Waals surface area contributed by atoms with Crippen LogP contribution in [0.2, 0.25) is 0 Å². The van der Waals surface area contributed by atoms with Crippen LogP contribution in [-0.4, -0.2) is 19.6 Å². The summed E-state index contributed by atoms with van der Waals surface area (Å²) in [7, 11) is 1.55. The van der Waals surface area contributed by atoms with Crippen LogP contribution in [0.4, 0.5) is 0 Å². The molecule has 0 spiro atoms. The Kier molecular flexibility index (Phi) is 5.98. The smallest absolute Gasteiger partial charge is 0.259 e. The van der Waals surface area contributed by atoms with E-state index in [9.17, 15) is 4.79 Å². The van der Waals surface area contributed by atoms with Gasteiger partial charge in [-0.2, -0.15) is 5.26 Å². The second-order valence-electron chi connectivity index (χ2n) is 5.03. The summed E-state index contributed by atoms with van der Waals surface area (Å²) >= 11 is 0. The normalized spacial score (nSPS) is 10.8. The Morgan fingerprint density at radius 3 is 2.58 bits per heavy atom. The number of methoxy groups -OCH3 is 1. The minimum atomic E-state index is -0.764. The van der Waals surface area contributed by atoms with E-state index in [1.807, 2.05) is 30.3 Å². The van der Waals surface area contributed by atoms with Gasteiger partial charge in [0.2, 0.25) is 0 Å². The second-order valence-corrected chi connectivity index (χ2v) is 5.03. The molecule has 1 amide bonds. The van der Waals surface area contributed by atoms with Crippen LogP contribution in [-0.2, 0) is 11.2 Å². The predicted octanol–water partition coefficient (Wildman–Crippen LogP) is 2.71. The van der Waals surface area contributed by atoms with Crippen LogP contribution in [0.1, 0.15) is 11.1 Å². The number of ether oxygens (including phenoxy) is 2. The molecular weight excluding hydrogens is 304 g/mol. The zero-order chi connectivity index (χ0) is 17.4. The van der Waals surface area contributed by atoms with Gasteiger partial charge in [-0.3, -0.25) is 4.79 Å². The van der Waals surface area contributed by atoms with E-state index in [1.165, 1.54) is 11.6 Å². The van der Waals surface area contributed by atoms with E-state index in [4.69, 9.17) is 20.5 Å². The first-order valence-corrected chi connectivity index (χ1v) is 7.40. The summed E-state index contributed by atoms with van der Waals surface area (Å²) in [6.45, 7) is 0.481. The van der Waals surface area contributed by atoms with E-state index < -0.39 is 5.91 Å². The molecule has 0 saturated carbocycles. The van der Waals surface area contributed by atoms with Crippen molar-refractivity contribution in [3.05, 3.63) is 65.2 Å². The average molecular weight is 322 g/mol. The van der Waals surface area contributed by atoms with Gasteiger partial charge in [-0.1, -0.05) is 36.4 Å². The molecule has 0 radical (unpaired) electrons. The van der Waals surface area contributed by atoms with Gasteiger partial charge in [0.15, 0.2) is 11.5 Å². The van der Waals surface area contributed by atoms with Crippen molar-refractivity contribution >= 4 is 12.0 Å². The summed E-state index contributed by atoms with van der Waals surface area (Å²) in [5.74, 6) is 0.363. The minimum Gasteiger partial charge on any atom is -0.493 e. The van der Waals surface area contributed by atoms with Crippen molar-refractivity contribution in [3.63, 3.8) is 0 Å². The lowest BCUT2D eigenvalue weighted by Gasteiger charge is -2.11. The highest BCUT2D eigenvalue weighted by Crippen LogP contribution is 2.29. The van der Waals surface area contributed by atoms with E-state index in [1.54, 1.807) is 31.4 Å². The number of hydrogen-bond acceptors (Lipinski definition) is 4.